The number of fused-ring (bicyclic) bond motifs is 5. The van der Waals surface area contributed by atoms with E-state index in [0.29, 0.717) is 25.7 Å². The Labute approximate surface area is 255 Å². The van der Waals surface area contributed by atoms with Crippen molar-refractivity contribution in [1.82, 2.24) is 0 Å². The Bertz CT molecular complexity index is 1050. The molecule has 7 N–H and O–H groups in total. The zero-order valence-corrected chi connectivity index (χ0v) is 26.2. The molecule has 0 amide bonds. The minimum absolute atomic E-state index is 0.0503. The van der Waals surface area contributed by atoms with Gasteiger partial charge in [0.15, 0.2) is 6.29 Å². The van der Waals surface area contributed by atoms with Crippen LogP contribution in [0.5, 0.6) is 0 Å². The summed E-state index contributed by atoms with van der Waals surface area (Å²) in [7, 11) is 1.43. The van der Waals surface area contributed by atoms with Crippen LogP contribution in [-0.2, 0) is 14.2 Å². The molecule has 1 aliphatic heterocycles. The van der Waals surface area contributed by atoms with Gasteiger partial charge in [-0.2, -0.15) is 0 Å². The van der Waals surface area contributed by atoms with Crippen LogP contribution in [0.4, 0.5) is 0 Å². The molecule has 5 rings (SSSR count). The smallest absolute Gasteiger partial charge is 0.187 e. The Balaban J connectivity index is 1.39. The van der Waals surface area contributed by atoms with Crippen LogP contribution in [0.1, 0.15) is 66.2 Å². The highest BCUT2D eigenvalue weighted by Crippen LogP contribution is 2.69. The molecule has 1 saturated heterocycles. The zero-order chi connectivity index (χ0) is 31.5. The highest BCUT2D eigenvalue weighted by atomic mass is 16.7. The highest BCUT2D eigenvalue weighted by molar-refractivity contribution is 5.33. The van der Waals surface area contributed by atoms with Crippen LogP contribution in [0.3, 0.4) is 0 Å². The minimum atomic E-state index is -1.37. The molecule has 4 fully saturated rings. The lowest BCUT2D eigenvalue weighted by Crippen LogP contribution is -2.66. The number of allylic oxidation sites excluding steroid dienone is 2. The van der Waals surface area contributed by atoms with E-state index < -0.39 is 71.4 Å². The molecule has 0 spiro atoms. The quantitative estimate of drug-likeness (QED) is 0.199. The van der Waals surface area contributed by atoms with E-state index in [2.05, 4.69) is 32.9 Å². The molecule has 5 aliphatic rings. The van der Waals surface area contributed by atoms with E-state index in [1.807, 2.05) is 13.0 Å². The third-order valence-corrected chi connectivity index (χ3v) is 12.2. The molecule has 3 saturated carbocycles. The third-order valence-electron chi connectivity index (χ3n) is 12.2. The third kappa shape index (κ3) is 5.47. The Kier molecular flexibility index (Phi) is 9.61. The fourth-order valence-corrected chi connectivity index (χ4v) is 10.1. The number of hydrogen-bond acceptors (Lipinski definition) is 10. The second kappa shape index (κ2) is 12.4. The van der Waals surface area contributed by atoms with Crippen LogP contribution in [0.2, 0.25) is 0 Å². The summed E-state index contributed by atoms with van der Waals surface area (Å²) in [5.74, 6) is -0.944. The van der Waals surface area contributed by atoms with Gasteiger partial charge in [-0.3, -0.25) is 0 Å². The number of aliphatic hydroxyl groups is 7. The first-order valence-corrected chi connectivity index (χ1v) is 16.2. The fourth-order valence-electron chi connectivity index (χ4n) is 10.1. The summed E-state index contributed by atoms with van der Waals surface area (Å²) in [6, 6.07) is 0. The molecule has 0 radical (unpaired) electrons. The first-order chi connectivity index (χ1) is 20.2. The maximum Gasteiger partial charge on any atom is 0.187 e. The molecule has 10 heteroatoms. The van der Waals surface area contributed by atoms with Crippen molar-refractivity contribution in [2.45, 2.75) is 121 Å². The van der Waals surface area contributed by atoms with Gasteiger partial charge in [0, 0.05) is 26.1 Å². The monoisotopic (exact) mass is 610 g/mol. The lowest BCUT2D eigenvalue weighted by molar-refractivity contribution is -0.285. The van der Waals surface area contributed by atoms with Crippen LogP contribution >= 0.6 is 0 Å². The van der Waals surface area contributed by atoms with Gasteiger partial charge < -0.3 is 50.0 Å². The van der Waals surface area contributed by atoms with E-state index in [4.69, 9.17) is 14.2 Å². The molecule has 0 bridgehead atoms. The zero-order valence-electron chi connectivity index (χ0n) is 26.2. The van der Waals surface area contributed by atoms with E-state index in [0.717, 1.165) is 12.0 Å². The second-order valence-corrected chi connectivity index (χ2v) is 14.7. The summed E-state index contributed by atoms with van der Waals surface area (Å²) in [4.78, 5) is 0. The van der Waals surface area contributed by atoms with Crippen LogP contribution in [0, 0.1) is 40.4 Å². The normalized spacial score (nSPS) is 51.3. The van der Waals surface area contributed by atoms with Gasteiger partial charge in [-0.05, 0) is 72.2 Å². The van der Waals surface area contributed by atoms with Crippen molar-refractivity contribution in [2.24, 2.45) is 40.4 Å². The van der Waals surface area contributed by atoms with Gasteiger partial charge >= 0.3 is 0 Å². The number of rotatable bonds is 8. The standard InChI is InChI=1S/C33H54O10/c1-17(10-13-34)6-7-18(2)24-26(38)27(39)29-32(24,4)12-9-23-31(3)11-8-19(14-20(31)21(35)15-33(23,29)40)43-30-28(41-5)25(37)22(36)16-42-30/h6-7,14,17-19,21-30,34-40H,8-13,15-16H2,1-5H3. The van der Waals surface area contributed by atoms with Crippen molar-refractivity contribution in [3.8, 4) is 0 Å². The molecule has 10 nitrogen and oxygen atoms in total. The maximum absolute atomic E-state index is 12.6. The number of ether oxygens (including phenoxy) is 3. The molecular formula is C33H54O10. The Morgan fingerprint density at radius 3 is 2.42 bits per heavy atom. The Morgan fingerprint density at radius 2 is 1.74 bits per heavy atom. The van der Waals surface area contributed by atoms with Gasteiger partial charge in [0.25, 0.3) is 0 Å². The number of methoxy groups -OCH3 is 1. The number of hydrogen-bond donors (Lipinski definition) is 7. The van der Waals surface area contributed by atoms with E-state index in [1.165, 1.54) is 7.11 Å². The van der Waals surface area contributed by atoms with Crippen molar-refractivity contribution in [1.29, 1.82) is 0 Å². The van der Waals surface area contributed by atoms with Gasteiger partial charge in [-0.15, -0.1) is 0 Å². The average Bonchev–Trinajstić information content (AvgIpc) is 3.15. The topological polar surface area (TPSA) is 169 Å². The summed E-state index contributed by atoms with van der Waals surface area (Å²) in [5.41, 5.74) is -1.63. The van der Waals surface area contributed by atoms with Crippen molar-refractivity contribution in [2.75, 3.05) is 20.3 Å². The van der Waals surface area contributed by atoms with E-state index in [-0.39, 0.29) is 43.3 Å². The van der Waals surface area contributed by atoms with Crippen LogP contribution in [-0.4, -0.2) is 111 Å². The van der Waals surface area contributed by atoms with Crippen molar-refractivity contribution in [3.63, 3.8) is 0 Å². The predicted molar refractivity (Wildman–Crippen MR) is 157 cm³/mol. The first kappa shape index (κ1) is 33.4. The summed E-state index contributed by atoms with van der Waals surface area (Å²) < 4.78 is 17.2. The molecular weight excluding hydrogens is 556 g/mol. The summed E-state index contributed by atoms with van der Waals surface area (Å²) in [6.45, 7) is 8.31. The van der Waals surface area contributed by atoms with Crippen molar-refractivity contribution in [3.05, 3.63) is 23.8 Å². The van der Waals surface area contributed by atoms with Crippen LogP contribution in [0.15, 0.2) is 23.8 Å². The lowest BCUT2D eigenvalue weighted by Gasteiger charge is -2.63. The molecule has 16 unspecified atom stereocenters. The SMILES string of the molecule is COC1C(OC2C=C3C(O)CC4(O)C(CCC5(C)C(C(C)C=CC(C)CCO)C(O)C(O)C54)C3(C)CC2)OCC(O)C1O. The van der Waals surface area contributed by atoms with Crippen LogP contribution in [0.25, 0.3) is 0 Å². The number of aliphatic hydroxyl groups excluding tert-OH is 6. The Morgan fingerprint density at radius 1 is 1.02 bits per heavy atom. The average molecular weight is 611 g/mol. The fraction of sp³-hybridized carbons (Fsp3) is 0.879. The van der Waals surface area contributed by atoms with Gasteiger partial charge in [0.05, 0.1) is 36.6 Å². The highest BCUT2D eigenvalue weighted by Gasteiger charge is 2.72. The molecule has 0 aromatic heterocycles. The Hall–Kier alpha value is -0.920. The molecule has 4 aliphatic carbocycles. The van der Waals surface area contributed by atoms with Gasteiger partial charge in [0.1, 0.15) is 18.3 Å². The molecule has 246 valence electrons. The largest absolute Gasteiger partial charge is 0.396 e. The van der Waals surface area contributed by atoms with E-state index in [1.54, 1.807) is 0 Å². The molecule has 43 heavy (non-hydrogen) atoms. The van der Waals surface area contributed by atoms with E-state index in [9.17, 15) is 35.7 Å². The second-order valence-electron chi connectivity index (χ2n) is 14.7. The van der Waals surface area contributed by atoms with Gasteiger partial charge in [-0.25, -0.2) is 0 Å². The summed E-state index contributed by atoms with van der Waals surface area (Å²) in [6.07, 6.45) is 2.02. The summed E-state index contributed by atoms with van der Waals surface area (Å²) in [5, 5.41) is 76.8. The summed E-state index contributed by atoms with van der Waals surface area (Å²) >= 11 is 0. The van der Waals surface area contributed by atoms with E-state index >= 15 is 0 Å². The van der Waals surface area contributed by atoms with Crippen molar-refractivity contribution < 1.29 is 50.0 Å². The molecule has 16 atom stereocenters. The molecule has 0 aromatic rings. The lowest BCUT2D eigenvalue weighted by atomic mass is 9.43. The van der Waals surface area contributed by atoms with Gasteiger partial charge in [-0.1, -0.05) is 45.9 Å². The van der Waals surface area contributed by atoms with Crippen LogP contribution < -0.4 is 0 Å². The first-order valence-electron chi connectivity index (χ1n) is 16.2. The minimum Gasteiger partial charge on any atom is -0.396 e. The molecule has 0 aromatic carbocycles. The predicted octanol–water partition coefficient (Wildman–Crippen LogP) is 1.28. The van der Waals surface area contributed by atoms with Crippen molar-refractivity contribution >= 4 is 0 Å². The van der Waals surface area contributed by atoms with Gasteiger partial charge in [0.2, 0.25) is 0 Å². The maximum atomic E-state index is 12.6. The molecule has 1 heterocycles.